The van der Waals surface area contributed by atoms with Gasteiger partial charge in [-0.1, -0.05) is 0 Å². The minimum atomic E-state index is -0.541. The van der Waals surface area contributed by atoms with Gasteiger partial charge in [0.25, 0.3) is 0 Å². The molecule has 0 N–H and O–H groups in total. The van der Waals surface area contributed by atoms with Crippen LogP contribution in [0.2, 0.25) is 0 Å². The number of ether oxygens (including phenoxy) is 3. The van der Waals surface area contributed by atoms with Crippen LogP contribution in [0, 0.1) is 5.92 Å². The fraction of sp³-hybridized carbons (Fsp3) is 0.750. The van der Waals surface area contributed by atoms with E-state index in [9.17, 15) is 9.59 Å². The molecule has 3 unspecified atom stereocenters. The molecule has 0 bridgehead atoms. The molecule has 0 saturated carbocycles. The fourth-order valence-electron chi connectivity index (χ4n) is 1.63. The fourth-order valence-corrected chi connectivity index (χ4v) is 1.63. The standard InChI is InChI=1S/C8H10O5/c1-4(9)11-7-3-5-2-6(10)12-8(5)13-7/h5,7-8H,2-3H2,1H3. The van der Waals surface area contributed by atoms with Crippen molar-refractivity contribution < 1.29 is 23.8 Å². The predicted molar refractivity (Wildman–Crippen MR) is 39.2 cm³/mol. The monoisotopic (exact) mass is 186 g/mol. The van der Waals surface area contributed by atoms with Crippen molar-refractivity contribution in [1.29, 1.82) is 0 Å². The van der Waals surface area contributed by atoms with Crippen LogP contribution in [0.4, 0.5) is 0 Å². The van der Waals surface area contributed by atoms with Gasteiger partial charge in [0.2, 0.25) is 12.6 Å². The zero-order valence-electron chi connectivity index (χ0n) is 7.19. The molecular formula is C8H10O5. The van der Waals surface area contributed by atoms with Crippen LogP contribution >= 0.6 is 0 Å². The molecule has 3 atom stereocenters. The Morgan fingerprint density at radius 3 is 3.00 bits per heavy atom. The molecule has 2 aliphatic rings. The van der Waals surface area contributed by atoms with E-state index < -0.39 is 12.6 Å². The number of esters is 2. The van der Waals surface area contributed by atoms with Crippen LogP contribution in [0.3, 0.4) is 0 Å². The van der Waals surface area contributed by atoms with E-state index in [-0.39, 0.29) is 17.9 Å². The second-order valence-electron chi connectivity index (χ2n) is 3.23. The van der Waals surface area contributed by atoms with Gasteiger partial charge in [-0.3, -0.25) is 9.59 Å². The van der Waals surface area contributed by atoms with E-state index in [2.05, 4.69) is 0 Å². The number of hydrogen-bond acceptors (Lipinski definition) is 5. The zero-order valence-corrected chi connectivity index (χ0v) is 7.19. The van der Waals surface area contributed by atoms with E-state index in [1.54, 1.807) is 0 Å². The van der Waals surface area contributed by atoms with Gasteiger partial charge in [0.15, 0.2) is 0 Å². The third-order valence-corrected chi connectivity index (χ3v) is 2.14. The maximum absolute atomic E-state index is 10.8. The van der Waals surface area contributed by atoms with Crippen molar-refractivity contribution in [3.8, 4) is 0 Å². The first kappa shape index (κ1) is 8.50. The highest BCUT2D eigenvalue weighted by molar-refractivity contribution is 5.72. The Labute approximate surface area is 74.9 Å². The van der Waals surface area contributed by atoms with Crippen LogP contribution in [0.25, 0.3) is 0 Å². The summed E-state index contributed by atoms with van der Waals surface area (Å²) in [7, 11) is 0. The molecular weight excluding hydrogens is 176 g/mol. The molecule has 5 nitrogen and oxygen atoms in total. The van der Waals surface area contributed by atoms with Gasteiger partial charge in [-0.05, 0) is 0 Å². The van der Waals surface area contributed by atoms with Gasteiger partial charge >= 0.3 is 11.9 Å². The number of carbonyl (C=O) groups excluding carboxylic acids is 2. The Hall–Kier alpha value is -1.10. The molecule has 2 rings (SSSR count). The summed E-state index contributed by atoms with van der Waals surface area (Å²) in [6, 6.07) is 0. The highest BCUT2D eigenvalue weighted by Gasteiger charge is 2.45. The normalized spacial score (nSPS) is 37.0. The Morgan fingerprint density at radius 2 is 2.38 bits per heavy atom. The van der Waals surface area contributed by atoms with Crippen LogP contribution < -0.4 is 0 Å². The molecule has 2 saturated heterocycles. The smallest absolute Gasteiger partial charge is 0.308 e. The van der Waals surface area contributed by atoms with E-state index in [1.165, 1.54) is 6.92 Å². The minimum absolute atomic E-state index is 0.0526. The maximum atomic E-state index is 10.8. The van der Waals surface area contributed by atoms with Crippen LogP contribution in [-0.4, -0.2) is 24.5 Å². The van der Waals surface area contributed by atoms with Crippen molar-refractivity contribution in [2.45, 2.75) is 32.3 Å². The topological polar surface area (TPSA) is 61.8 Å². The Bertz CT molecular complexity index is 233. The second-order valence-corrected chi connectivity index (χ2v) is 3.23. The largest absolute Gasteiger partial charge is 0.436 e. The Balaban J connectivity index is 1.90. The van der Waals surface area contributed by atoms with Crippen LogP contribution in [0.5, 0.6) is 0 Å². The predicted octanol–water partition coefficient (Wildman–Crippen LogP) is 0.185. The summed E-state index contributed by atoms with van der Waals surface area (Å²) in [5.74, 6) is -0.565. The molecule has 0 aliphatic carbocycles. The average molecular weight is 186 g/mol. The highest BCUT2D eigenvalue weighted by Crippen LogP contribution is 2.35. The van der Waals surface area contributed by atoms with Gasteiger partial charge in [0, 0.05) is 19.3 Å². The number of rotatable bonds is 1. The van der Waals surface area contributed by atoms with Crippen LogP contribution in [0.15, 0.2) is 0 Å². The van der Waals surface area contributed by atoms with Gasteiger partial charge in [0.05, 0.1) is 6.42 Å². The minimum Gasteiger partial charge on any atom is -0.436 e. The molecule has 0 aromatic heterocycles. The van der Waals surface area contributed by atoms with Gasteiger partial charge < -0.3 is 14.2 Å². The van der Waals surface area contributed by atoms with E-state index in [0.29, 0.717) is 12.8 Å². The quantitative estimate of drug-likeness (QED) is 0.547. The number of hydrogen-bond donors (Lipinski definition) is 0. The lowest BCUT2D eigenvalue weighted by Gasteiger charge is -2.11. The molecule has 0 amide bonds. The van der Waals surface area contributed by atoms with Crippen molar-refractivity contribution in [2.24, 2.45) is 5.92 Å². The third-order valence-electron chi connectivity index (χ3n) is 2.14. The lowest BCUT2D eigenvalue weighted by molar-refractivity contribution is -0.203. The van der Waals surface area contributed by atoms with E-state index >= 15 is 0 Å². The first-order valence-corrected chi connectivity index (χ1v) is 4.17. The molecule has 0 spiro atoms. The van der Waals surface area contributed by atoms with Gasteiger partial charge in [0.1, 0.15) is 0 Å². The molecule has 0 aromatic carbocycles. The van der Waals surface area contributed by atoms with Crippen LogP contribution in [-0.2, 0) is 23.8 Å². The summed E-state index contributed by atoms with van der Waals surface area (Å²) in [4.78, 5) is 21.3. The molecule has 0 radical (unpaired) electrons. The van der Waals surface area contributed by atoms with E-state index in [0.717, 1.165) is 0 Å². The van der Waals surface area contributed by atoms with Gasteiger partial charge in [-0.15, -0.1) is 0 Å². The van der Waals surface area contributed by atoms with Gasteiger partial charge in [-0.25, -0.2) is 0 Å². The zero-order chi connectivity index (χ0) is 9.42. The summed E-state index contributed by atoms with van der Waals surface area (Å²) in [6.45, 7) is 1.32. The van der Waals surface area contributed by atoms with E-state index in [1.807, 2.05) is 0 Å². The van der Waals surface area contributed by atoms with Crippen molar-refractivity contribution in [3.05, 3.63) is 0 Å². The Kier molecular flexibility index (Phi) is 1.95. The van der Waals surface area contributed by atoms with Crippen LogP contribution in [0.1, 0.15) is 19.8 Å². The first-order valence-electron chi connectivity index (χ1n) is 4.17. The Morgan fingerprint density at radius 1 is 1.62 bits per heavy atom. The lowest BCUT2D eigenvalue weighted by Crippen LogP contribution is -2.18. The average Bonchev–Trinajstić information content (AvgIpc) is 2.41. The molecule has 2 aliphatic heterocycles. The van der Waals surface area contributed by atoms with Crippen molar-refractivity contribution >= 4 is 11.9 Å². The second kappa shape index (κ2) is 2.99. The lowest BCUT2D eigenvalue weighted by atomic mass is 10.1. The van der Waals surface area contributed by atoms with Crippen molar-refractivity contribution in [2.75, 3.05) is 0 Å². The summed E-state index contributed by atoms with van der Waals surface area (Å²) in [6.07, 6.45) is -0.129. The molecule has 0 aromatic rings. The summed E-state index contributed by atoms with van der Waals surface area (Å²) >= 11 is 0. The number of carbonyl (C=O) groups is 2. The molecule has 2 heterocycles. The SMILES string of the molecule is CC(=O)OC1CC2CC(=O)OC2O1. The van der Waals surface area contributed by atoms with E-state index in [4.69, 9.17) is 14.2 Å². The first-order chi connectivity index (χ1) is 6.15. The summed E-state index contributed by atoms with van der Waals surface area (Å²) < 4.78 is 14.9. The third kappa shape index (κ3) is 1.65. The van der Waals surface area contributed by atoms with Crippen molar-refractivity contribution in [1.82, 2.24) is 0 Å². The summed E-state index contributed by atoms with van der Waals surface area (Å²) in [5, 5.41) is 0. The molecule has 72 valence electrons. The molecule has 5 heteroatoms. The molecule has 13 heavy (non-hydrogen) atoms. The van der Waals surface area contributed by atoms with Gasteiger partial charge in [-0.2, -0.15) is 0 Å². The highest BCUT2D eigenvalue weighted by atomic mass is 16.8. The summed E-state index contributed by atoms with van der Waals surface area (Å²) in [5.41, 5.74) is 0. The number of fused-ring (bicyclic) bond motifs is 1. The van der Waals surface area contributed by atoms with Crippen molar-refractivity contribution in [3.63, 3.8) is 0 Å². The molecule has 2 fully saturated rings. The maximum Gasteiger partial charge on any atom is 0.308 e.